The van der Waals surface area contributed by atoms with Gasteiger partial charge in [-0.2, -0.15) is 10.2 Å². The van der Waals surface area contributed by atoms with E-state index < -0.39 is 15.3 Å². The van der Waals surface area contributed by atoms with Crippen molar-refractivity contribution in [1.29, 1.82) is 5.39 Å². The van der Waals surface area contributed by atoms with Crippen molar-refractivity contribution in [1.82, 2.24) is 0 Å². The normalized spacial score (nSPS) is 10.6. The number of halogens is 1. The second-order valence-electron chi connectivity index (χ2n) is 4.14. The summed E-state index contributed by atoms with van der Waals surface area (Å²) in [6.07, 6.45) is 0. The molecular weight excluding hydrogens is 378 g/mol. The van der Waals surface area contributed by atoms with Crippen LogP contribution in [-0.2, 0) is 10.4 Å². The van der Waals surface area contributed by atoms with Crippen LogP contribution in [0.4, 0.5) is 22.7 Å². The van der Waals surface area contributed by atoms with E-state index in [1.165, 1.54) is 30.3 Å². The average Bonchev–Trinajstić information content (AvgIpc) is 2.52. The monoisotopic (exact) mass is 385 g/mol. The first-order valence-corrected chi connectivity index (χ1v) is 7.83. The van der Waals surface area contributed by atoms with E-state index in [9.17, 15) is 10.1 Å². The smallest absolute Gasteiger partial charge is 0.403 e. The number of hydrogen-bond acceptors (Lipinski definition) is 8. The average molecular weight is 386 g/mol. The molecule has 2 rings (SSSR count). The van der Waals surface area contributed by atoms with Gasteiger partial charge in [-0.15, -0.1) is 0 Å². The fraction of sp³-hybridized carbons (Fsp3) is 0. The quantitative estimate of drug-likeness (QED) is 0.206. The lowest BCUT2D eigenvalue weighted by Crippen LogP contribution is -1.90. The fourth-order valence-electron chi connectivity index (χ4n) is 1.42. The second kappa shape index (κ2) is 8.76. The molecule has 0 saturated heterocycles. The minimum absolute atomic E-state index is 0.0612. The van der Waals surface area contributed by atoms with E-state index >= 15 is 0 Å². The van der Waals surface area contributed by atoms with Crippen LogP contribution >= 0.6 is 11.6 Å². The van der Waals surface area contributed by atoms with Crippen molar-refractivity contribution >= 4 is 44.7 Å². The van der Waals surface area contributed by atoms with Crippen LogP contribution < -0.4 is 0 Å². The van der Waals surface area contributed by atoms with E-state index in [1.54, 1.807) is 12.1 Å². The van der Waals surface area contributed by atoms with E-state index in [2.05, 4.69) is 15.2 Å². The summed E-state index contributed by atoms with van der Waals surface area (Å²) in [6.45, 7) is 0. The van der Waals surface area contributed by atoms with Gasteiger partial charge in [0.25, 0.3) is 5.69 Å². The van der Waals surface area contributed by atoms with Crippen LogP contribution in [-0.4, -0.2) is 22.4 Å². The summed E-state index contributed by atoms with van der Waals surface area (Å²) in [5, 5.41) is 27.3. The first-order chi connectivity index (χ1) is 11.6. The van der Waals surface area contributed by atoms with Crippen LogP contribution in [0.25, 0.3) is 4.98 Å². The van der Waals surface area contributed by atoms with Crippen molar-refractivity contribution in [2.75, 3.05) is 0 Å². The van der Waals surface area contributed by atoms with Gasteiger partial charge in [-0.1, -0.05) is 17.7 Å². The Morgan fingerprint density at radius 3 is 2.20 bits per heavy atom. The van der Waals surface area contributed by atoms with Crippen LogP contribution in [0.3, 0.4) is 0 Å². The Hall–Kier alpha value is -2.98. The predicted molar refractivity (Wildman–Crippen MR) is 85.8 cm³/mol. The van der Waals surface area contributed by atoms with Crippen LogP contribution in [0.2, 0.25) is 5.02 Å². The van der Waals surface area contributed by atoms with E-state index in [-0.39, 0.29) is 16.4 Å². The number of hydrogen-bond donors (Lipinski definition) is 1. The molecule has 0 heterocycles. The predicted octanol–water partition coefficient (Wildman–Crippen LogP) is 4.15. The number of benzene rings is 2. The Balaban J connectivity index is 0.000000550. The molecule has 0 spiro atoms. The lowest BCUT2D eigenvalue weighted by Gasteiger charge is -1.94. The third-order valence-corrected chi connectivity index (χ3v) is 2.66. The molecule has 0 atom stereocenters. The zero-order chi connectivity index (χ0) is 19.0. The minimum atomic E-state index is -4.92. The molecule has 2 aromatic rings. The summed E-state index contributed by atoms with van der Waals surface area (Å²) in [4.78, 5) is 13.1. The molecular formula is C12H8ClN5O6S. The molecule has 130 valence electrons. The maximum atomic E-state index is 10.6. The van der Waals surface area contributed by atoms with Gasteiger partial charge in [-0.05, 0) is 18.2 Å². The van der Waals surface area contributed by atoms with Crippen molar-refractivity contribution < 1.29 is 22.4 Å². The number of nitro groups is 1. The Labute approximate surface area is 145 Å². The summed E-state index contributed by atoms with van der Waals surface area (Å²) >= 11 is 5.83. The maximum absolute atomic E-state index is 10.6. The van der Waals surface area contributed by atoms with E-state index in [1.807, 2.05) is 0 Å². The largest absolute Gasteiger partial charge is 0.726 e. The van der Waals surface area contributed by atoms with Gasteiger partial charge in [0.05, 0.1) is 16.3 Å². The third-order valence-electron chi connectivity index (χ3n) is 2.36. The van der Waals surface area contributed by atoms with E-state index in [4.69, 9.17) is 34.5 Å². The number of non-ortho nitro benzene ring substituents is 1. The molecule has 0 aliphatic carbocycles. The van der Waals surface area contributed by atoms with Crippen LogP contribution in [0, 0.1) is 15.5 Å². The molecule has 11 nitrogen and oxygen atoms in total. The van der Waals surface area contributed by atoms with Crippen LogP contribution in [0.15, 0.2) is 52.7 Å². The van der Waals surface area contributed by atoms with Gasteiger partial charge in [0.2, 0.25) is 15.8 Å². The highest BCUT2D eigenvalue weighted by Crippen LogP contribution is 2.30. The van der Waals surface area contributed by atoms with Crippen molar-refractivity contribution in [2.24, 2.45) is 10.2 Å². The Bertz CT molecular complexity index is 949. The SMILES string of the molecule is N#[N+]c1ccc(N=Nc2cccc([N+](=O)[O-])c2)cc1Cl.O=S(=O)([O-])O. The molecule has 0 amide bonds. The number of nitrogens with zero attached hydrogens (tertiary/aromatic N) is 5. The molecule has 0 aromatic heterocycles. The van der Waals surface area contributed by atoms with Crippen molar-refractivity contribution in [3.63, 3.8) is 0 Å². The van der Waals surface area contributed by atoms with Gasteiger partial charge in [-0.25, -0.2) is 8.42 Å². The highest BCUT2D eigenvalue weighted by atomic mass is 35.5. The summed E-state index contributed by atoms with van der Waals surface area (Å²) in [6, 6.07) is 10.3. The van der Waals surface area contributed by atoms with Gasteiger partial charge in [0.15, 0.2) is 4.98 Å². The van der Waals surface area contributed by atoms with Crippen molar-refractivity contribution in [3.8, 4) is 0 Å². The lowest BCUT2D eigenvalue weighted by molar-refractivity contribution is -0.384. The lowest BCUT2D eigenvalue weighted by atomic mass is 10.3. The van der Waals surface area contributed by atoms with E-state index in [0.29, 0.717) is 11.4 Å². The third kappa shape index (κ3) is 7.90. The molecule has 1 N–H and O–H groups in total. The summed E-state index contributed by atoms with van der Waals surface area (Å²) < 4.78 is 32.8. The Morgan fingerprint density at radius 1 is 1.16 bits per heavy atom. The topological polar surface area (TPSA) is 173 Å². The molecule has 0 unspecified atom stereocenters. The first kappa shape index (κ1) is 20.1. The second-order valence-corrected chi connectivity index (χ2v) is 5.40. The number of nitro benzene ring substituents is 1. The van der Waals surface area contributed by atoms with Crippen molar-refractivity contribution in [2.45, 2.75) is 0 Å². The molecule has 2 aromatic carbocycles. The molecule has 0 radical (unpaired) electrons. The number of rotatable bonds is 3. The highest BCUT2D eigenvalue weighted by molar-refractivity contribution is 7.79. The van der Waals surface area contributed by atoms with E-state index in [0.717, 1.165) is 0 Å². The van der Waals surface area contributed by atoms with Gasteiger partial charge >= 0.3 is 5.69 Å². The molecule has 0 bridgehead atoms. The Morgan fingerprint density at radius 2 is 1.72 bits per heavy atom. The molecule has 0 aliphatic rings. The number of diazo groups is 1. The molecule has 0 aliphatic heterocycles. The molecule has 25 heavy (non-hydrogen) atoms. The van der Waals surface area contributed by atoms with Crippen LogP contribution in [0.5, 0.6) is 0 Å². The summed E-state index contributed by atoms with van der Waals surface area (Å²) in [5.74, 6) is 0. The van der Waals surface area contributed by atoms with Crippen molar-refractivity contribution in [3.05, 3.63) is 62.6 Å². The number of azo groups is 1. The zero-order valence-corrected chi connectivity index (χ0v) is 13.6. The first-order valence-electron chi connectivity index (χ1n) is 6.09. The van der Waals surface area contributed by atoms with Gasteiger partial charge in [0.1, 0.15) is 5.02 Å². The molecule has 13 heteroatoms. The molecule has 0 saturated carbocycles. The maximum Gasteiger partial charge on any atom is 0.403 e. The summed E-state index contributed by atoms with van der Waals surface area (Å²) in [5.41, 5.74) is 0.954. The molecule has 0 fully saturated rings. The van der Waals surface area contributed by atoms with Gasteiger partial charge < -0.3 is 4.55 Å². The zero-order valence-electron chi connectivity index (χ0n) is 12.1. The summed E-state index contributed by atoms with van der Waals surface area (Å²) in [7, 11) is -4.92. The fourth-order valence-corrected chi connectivity index (χ4v) is 1.64. The Kier molecular flexibility index (Phi) is 7.03. The standard InChI is InChI=1S/C12H7ClN5O2.H2O4S/c13-11-7-9(4-5-12(11)15-14)17-16-8-2-1-3-10(6-8)18(19)20;1-5(2,3)4/h1-7H;(H2,1,2,3,4)/q+1;/p-1. The van der Waals surface area contributed by atoms with Gasteiger partial charge in [0, 0.05) is 18.2 Å². The highest BCUT2D eigenvalue weighted by Gasteiger charge is 2.11. The van der Waals surface area contributed by atoms with Crippen LogP contribution in [0.1, 0.15) is 0 Å². The minimum Gasteiger partial charge on any atom is -0.726 e. The van der Waals surface area contributed by atoms with Gasteiger partial charge in [-0.3, -0.25) is 14.7 Å².